The van der Waals surface area contributed by atoms with Crippen LogP contribution in [0.1, 0.15) is 18.4 Å². The zero-order chi connectivity index (χ0) is 22.2. The number of nitrogens with one attached hydrogen (secondary N) is 1. The number of ether oxygens (including phenoxy) is 3. The van der Waals surface area contributed by atoms with Crippen LogP contribution in [0.15, 0.2) is 48.5 Å². The van der Waals surface area contributed by atoms with Crippen molar-refractivity contribution in [3.8, 4) is 17.2 Å². The lowest BCUT2D eigenvalue weighted by Gasteiger charge is -2.31. The molecule has 0 aromatic heterocycles. The van der Waals surface area contributed by atoms with Gasteiger partial charge in [-0.05, 0) is 37.1 Å². The van der Waals surface area contributed by atoms with Crippen LogP contribution in [0.3, 0.4) is 0 Å². The van der Waals surface area contributed by atoms with Crippen molar-refractivity contribution in [2.45, 2.75) is 12.8 Å². The molecule has 1 heterocycles. The predicted octanol–water partition coefficient (Wildman–Crippen LogP) is 3.60. The van der Waals surface area contributed by atoms with Crippen molar-refractivity contribution in [3.05, 3.63) is 54.1 Å². The first kappa shape index (κ1) is 22.2. The number of carbonyl (C=O) groups is 2. The van der Waals surface area contributed by atoms with Crippen molar-refractivity contribution in [3.63, 3.8) is 0 Å². The minimum absolute atomic E-state index is 0.0609. The number of para-hydroxylation sites is 1. The van der Waals surface area contributed by atoms with Gasteiger partial charge in [-0.25, -0.2) is 0 Å². The summed E-state index contributed by atoms with van der Waals surface area (Å²) in [5, 5.41) is 2.93. The smallest absolute Gasteiger partial charge is 0.246 e. The topological polar surface area (TPSA) is 77.1 Å². The average Bonchev–Trinajstić information content (AvgIpc) is 2.82. The molecule has 2 aromatic carbocycles. The summed E-state index contributed by atoms with van der Waals surface area (Å²) in [5.41, 5.74) is 1.46. The fourth-order valence-corrected chi connectivity index (χ4v) is 3.61. The highest BCUT2D eigenvalue weighted by Gasteiger charge is 2.27. The number of nitrogens with zero attached hydrogens (tertiary/aromatic N) is 1. The molecule has 1 unspecified atom stereocenters. The summed E-state index contributed by atoms with van der Waals surface area (Å²) in [6.07, 6.45) is 4.74. The molecule has 164 valence electrons. The van der Waals surface area contributed by atoms with E-state index in [9.17, 15) is 9.59 Å². The molecule has 3 rings (SSSR count). The molecule has 1 fully saturated rings. The molecule has 0 bridgehead atoms. The van der Waals surface area contributed by atoms with Crippen LogP contribution in [0.2, 0.25) is 0 Å². The van der Waals surface area contributed by atoms with Crippen LogP contribution in [0.5, 0.6) is 17.2 Å². The Labute approximate surface area is 182 Å². The first-order valence-corrected chi connectivity index (χ1v) is 10.2. The molecule has 1 N–H and O–H groups in total. The lowest BCUT2D eigenvalue weighted by molar-refractivity contribution is -0.130. The Bertz CT molecular complexity index is 942. The van der Waals surface area contributed by atoms with E-state index in [0.29, 0.717) is 35.9 Å². The van der Waals surface area contributed by atoms with Gasteiger partial charge in [-0.2, -0.15) is 0 Å². The summed E-state index contributed by atoms with van der Waals surface area (Å²) in [6.45, 7) is 1.02. The van der Waals surface area contributed by atoms with Crippen LogP contribution < -0.4 is 19.5 Å². The molecule has 0 saturated carbocycles. The van der Waals surface area contributed by atoms with Gasteiger partial charge in [-0.1, -0.05) is 18.2 Å². The minimum atomic E-state index is -0.234. The first-order chi connectivity index (χ1) is 15.0. The monoisotopic (exact) mass is 424 g/mol. The molecular formula is C24H28N2O5. The zero-order valence-corrected chi connectivity index (χ0v) is 18.1. The Morgan fingerprint density at radius 3 is 2.35 bits per heavy atom. The Morgan fingerprint density at radius 2 is 1.68 bits per heavy atom. The van der Waals surface area contributed by atoms with Gasteiger partial charge in [0.15, 0.2) is 11.5 Å². The Kier molecular flexibility index (Phi) is 7.54. The van der Waals surface area contributed by atoms with Gasteiger partial charge in [0.2, 0.25) is 11.8 Å². The molecular weight excluding hydrogens is 396 g/mol. The lowest BCUT2D eigenvalue weighted by Crippen LogP contribution is -2.43. The Balaban J connectivity index is 1.67. The highest BCUT2D eigenvalue weighted by molar-refractivity contribution is 5.95. The third-order valence-corrected chi connectivity index (χ3v) is 5.29. The minimum Gasteiger partial charge on any atom is -0.496 e. The largest absolute Gasteiger partial charge is 0.496 e. The molecule has 1 atom stereocenters. The molecule has 7 heteroatoms. The summed E-state index contributed by atoms with van der Waals surface area (Å²) < 4.78 is 16.0. The Morgan fingerprint density at radius 1 is 1.00 bits per heavy atom. The fourth-order valence-electron chi connectivity index (χ4n) is 3.61. The molecule has 31 heavy (non-hydrogen) atoms. The maximum Gasteiger partial charge on any atom is 0.246 e. The van der Waals surface area contributed by atoms with E-state index >= 15 is 0 Å². The highest BCUT2D eigenvalue weighted by Crippen LogP contribution is 2.35. The second-order valence-corrected chi connectivity index (χ2v) is 7.26. The molecule has 2 aromatic rings. The molecule has 7 nitrogen and oxygen atoms in total. The van der Waals surface area contributed by atoms with Gasteiger partial charge in [0.05, 0.1) is 27.2 Å². The third kappa shape index (κ3) is 5.57. The normalized spacial score (nSPS) is 16.1. The standard InChI is InChI=1S/C24H28N2O5/c1-29-20-15-22(31-3)21(30-2)14-17(20)11-12-23(27)26-13-7-8-18(16-26)24(28)25-19-9-5-4-6-10-19/h4-6,9-12,14-15,18H,7-8,13,16H2,1-3H3,(H,25,28). The van der Waals surface area contributed by atoms with Crippen LogP contribution in [0.25, 0.3) is 6.08 Å². The summed E-state index contributed by atoms with van der Waals surface area (Å²) >= 11 is 0. The van der Waals surface area contributed by atoms with Crippen molar-refractivity contribution < 1.29 is 23.8 Å². The van der Waals surface area contributed by atoms with E-state index in [1.807, 2.05) is 30.3 Å². The molecule has 0 aliphatic carbocycles. The number of piperidine rings is 1. The zero-order valence-electron chi connectivity index (χ0n) is 18.1. The van der Waals surface area contributed by atoms with Gasteiger partial charge < -0.3 is 24.4 Å². The van der Waals surface area contributed by atoms with E-state index < -0.39 is 0 Å². The van der Waals surface area contributed by atoms with Gasteiger partial charge in [0.25, 0.3) is 0 Å². The van der Waals surface area contributed by atoms with Gasteiger partial charge >= 0.3 is 0 Å². The number of likely N-dealkylation sites (tertiary alicyclic amines) is 1. The number of carbonyl (C=O) groups excluding carboxylic acids is 2. The molecule has 2 amide bonds. The third-order valence-electron chi connectivity index (χ3n) is 5.29. The van der Waals surface area contributed by atoms with Crippen molar-refractivity contribution >= 4 is 23.6 Å². The predicted molar refractivity (Wildman–Crippen MR) is 120 cm³/mol. The summed E-state index contributed by atoms with van der Waals surface area (Å²) in [5.74, 6) is 1.22. The SMILES string of the molecule is COc1cc(OC)c(OC)cc1C=CC(=O)N1CCCC(C(=O)Nc2ccccc2)C1. The van der Waals surface area contributed by atoms with Crippen molar-refractivity contribution in [2.75, 3.05) is 39.7 Å². The maximum absolute atomic E-state index is 12.8. The van der Waals surface area contributed by atoms with Crippen molar-refractivity contribution in [2.24, 2.45) is 5.92 Å². The molecule has 1 aliphatic heterocycles. The molecule has 1 saturated heterocycles. The van der Waals surface area contributed by atoms with Crippen molar-refractivity contribution in [1.82, 2.24) is 4.90 Å². The number of hydrogen-bond donors (Lipinski definition) is 1. The number of anilines is 1. The summed E-state index contributed by atoms with van der Waals surface area (Å²) in [4.78, 5) is 27.1. The second-order valence-electron chi connectivity index (χ2n) is 7.26. The van der Waals surface area contributed by atoms with Crippen LogP contribution in [0, 0.1) is 5.92 Å². The number of rotatable bonds is 7. The number of methoxy groups -OCH3 is 3. The second kappa shape index (κ2) is 10.5. The van der Waals surface area contributed by atoms with Gasteiger partial charge in [-0.3, -0.25) is 9.59 Å². The van der Waals surface area contributed by atoms with E-state index in [1.54, 1.807) is 44.4 Å². The quantitative estimate of drug-likeness (QED) is 0.687. The molecule has 0 spiro atoms. The Hall–Kier alpha value is -3.48. The van der Waals surface area contributed by atoms with E-state index in [0.717, 1.165) is 18.5 Å². The molecule has 1 aliphatic rings. The van der Waals surface area contributed by atoms with Gasteiger partial charge in [0, 0.05) is 36.5 Å². The van der Waals surface area contributed by atoms with Crippen LogP contribution >= 0.6 is 0 Å². The number of hydrogen-bond acceptors (Lipinski definition) is 5. The summed E-state index contributed by atoms with van der Waals surface area (Å²) in [6, 6.07) is 12.8. The fraction of sp³-hybridized carbons (Fsp3) is 0.333. The van der Waals surface area contributed by atoms with Crippen LogP contribution in [0.4, 0.5) is 5.69 Å². The highest BCUT2D eigenvalue weighted by atomic mass is 16.5. The number of amides is 2. The first-order valence-electron chi connectivity index (χ1n) is 10.2. The average molecular weight is 424 g/mol. The van der Waals surface area contributed by atoms with E-state index in [2.05, 4.69) is 5.32 Å². The van der Waals surface area contributed by atoms with E-state index in [1.165, 1.54) is 6.08 Å². The van der Waals surface area contributed by atoms with E-state index in [4.69, 9.17) is 14.2 Å². The van der Waals surface area contributed by atoms with Crippen LogP contribution in [-0.4, -0.2) is 51.1 Å². The maximum atomic E-state index is 12.8. The summed E-state index contributed by atoms with van der Waals surface area (Å²) in [7, 11) is 4.66. The van der Waals surface area contributed by atoms with Crippen LogP contribution in [-0.2, 0) is 9.59 Å². The lowest BCUT2D eigenvalue weighted by atomic mass is 9.97. The van der Waals surface area contributed by atoms with Gasteiger partial charge in [0.1, 0.15) is 5.75 Å². The van der Waals surface area contributed by atoms with Crippen molar-refractivity contribution in [1.29, 1.82) is 0 Å². The van der Waals surface area contributed by atoms with Gasteiger partial charge in [-0.15, -0.1) is 0 Å². The van der Waals surface area contributed by atoms with E-state index in [-0.39, 0.29) is 17.7 Å². The molecule has 0 radical (unpaired) electrons. The number of benzene rings is 2.